The van der Waals surface area contributed by atoms with E-state index in [9.17, 15) is 18.0 Å². The van der Waals surface area contributed by atoms with Crippen LogP contribution < -0.4 is 15.7 Å². The third kappa shape index (κ3) is 9.84. The molecule has 2 rings (SSSR count). The predicted molar refractivity (Wildman–Crippen MR) is 105 cm³/mol. The molecular formula is C18H22N2O9S. The van der Waals surface area contributed by atoms with E-state index in [0.717, 1.165) is 5.56 Å². The molecule has 0 amide bonds. The standard InChI is InChI=1S/C9H11NO6S.C9H11NO3/c10-8(9(11)12)5-6-1-3-7(4-2-6)16-17(13,14)15;10-8(9(12)13)5-6-1-3-7(11)4-2-6/h1-4,8H,5,10H2,(H,11,12)(H,13,14,15);1-4,8,11H,5,10H2,(H,12,13)/t2*8-/m00/s1. The number of phenols is 1. The Bertz CT molecular complexity index is 945. The molecule has 0 aliphatic carbocycles. The number of carboxylic acids is 2. The summed E-state index contributed by atoms with van der Waals surface area (Å²) in [5.74, 6) is -2.05. The lowest BCUT2D eigenvalue weighted by molar-refractivity contribution is -0.139. The number of carbonyl (C=O) groups is 2. The first-order chi connectivity index (χ1) is 13.9. The molecule has 0 spiro atoms. The topological polar surface area (TPSA) is 210 Å². The maximum absolute atomic E-state index is 10.5. The van der Waals surface area contributed by atoms with Crippen molar-refractivity contribution in [1.29, 1.82) is 0 Å². The van der Waals surface area contributed by atoms with E-state index in [4.69, 9.17) is 31.3 Å². The number of aromatic hydroxyl groups is 1. The summed E-state index contributed by atoms with van der Waals surface area (Å²) in [4.78, 5) is 20.9. The molecule has 0 unspecified atom stereocenters. The molecule has 0 fully saturated rings. The first kappa shape index (κ1) is 24.8. The average Bonchev–Trinajstić information content (AvgIpc) is 2.64. The summed E-state index contributed by atoms with van der Waals surface area (Å²) in [7, 11) is -4.55. The third-order valence-corrected chi connectivity index (χ3v) is 4.01. The lowest BCUT2D eigenvalue weighted by Crippen LogP contribution is -2.32. The molecule has 0 heterocycles. The molecular weight excluding hydrogens is 420 g/mol. The molecule has 0 aliphatic heterocycles. The minimum Gasteiger partial charge on any atom is -0.508 e. The van der Waals surface area contributed by atoms with Gasteiger partial charge in [0.15, 0.2) is 0 Å². The van der Waals surface area contributed by atoms with Crippen LogP contribution in [0.15, 0.2) is 48.5 Å². The maximum Gasteiger partial charge on any atom is 0.446 e. The molecule has 2 aromatic carbocycles. The molecule has 2 atom stereocenters. The number of rotatable bonds is 8. The molecule has 0 saturated heterocycles. The van der Waals surface area contributed by atoms with Crippen molar-refractivity contribution in [2.75, 3.05) is 0 Å². The molecule has 0 radical (unpaired) electrons. The number of nitrogens with two attached hydrogens (primary N) is 2. The van der Waals surface area contributed by atoms with Crippen molar-refractivity contribution in [2.24, 2.45) is 11.5 Å². The van der Waals surface area contributed by atoms with E-state index in [2.05, 4.69) is 4.18 Å². The number of hydrogen-bond donors (Lipinski definition) is 6. The zero-order valence-electron chi connectivity index (χ0n) is 15.6. The van der Waals surface area contributed by atoms with Gasteiger partial charge >= 0.3 is 22.3 Å². The van der Waals surface area contributed by atoms with Crippen molar-refractivity contribution >= 4 is 22.3 Å². The zero-order chi connectivity index (χ0) is 22.9. The van der Waals surface area contributed by atoms with Gasteiger partial charge in [-0.2, -0.15) is 8.42 Å². The summed E-state index contributed by atoms with van der Waals surface area (Å²) < 4.78 is 33.4. The van der Waals surface area contributed by atoms with Crippen molar-refractivity contribution in [1.82, 2.24) is 0 Å². The summed E-state index contributed by atoms with van der Waals surface area (Å²) in [6.45, 7) is 0. The first-order valence-electron chi connectivity index (χ1n) is 8.38. The van der Waals surface area contributed by atoms with E-state index in [-0.39, 0.29) is 24.3 Å². The van der Waals surface area contributed by atoms with Crippen LogP contribution in [0.1, 0.15) is 11.1 Å². The Balaban J connectivity index is 0.000000311. The van der Waals surface area contributed by atoms with Crippen molar-refractivity contribution in [3.05, 3.63) is 59.7 Å². The van der Waals surface area contributed by atoms with E-state index in [1.54, 1.807) is 12.1 Å². The molecule has 0 bridgehead atoms. The van der Waals surface area contributed by atoms with Gasteiger partial charge in [0.2, 0.25) is 0 Å². The van der Waals surface area contributed by atoms with Gasteiger partial charge in [0.05, 0.1) is 0 Å². The van der Waals surface area contributed by atoms with Gasteiger partial charge in [-0.1, -0.05) is 24.3 Å². The van der Waals surface area contributed by atoms with E-state index >= 15 is 0 Å². The molecule has 11 nitrogen and oxygen atoms in total. The van der Waals surface area contributed by atoms with Gasteiger partial charge < -0.3 is 31.0 Å². The Morgan fingerprint density at radius 3 is 1.53 bits per heavy atom. The Kier molecular flexibility index (Phi) is 9.20. The van der Waals surface area contributed by atoms with Crippen LogP contribution in [-0.2, 0) is 32.8 Å². The van der Waals surface area contributed by atoms with E-state index in [0.29, 0.717) is 5.56 Å². The molecule has 164 valence electrons. The van der Waals surface area contributed by atoms with Crippen LogP contribution in [0.4, 0.5) is 0 Å². The average molecular weight is 442 g/mol. The van der Waals surface area contributed by atoms with E-state index in [1.165, 1.54) is 36.4 Å². The summed E-state index contributed by atoms with van der Waals surface area (Å²) in [6.07, 6.45) is 0.386. The minimum atomic E-state index is -4.55. The fourth-order valence-corrected chi connectivity index (χ4v) is 2.47. The first-order valence-corrected chi connectivity index (χ1v) is 9.74. The van der Waals surface area contributed by atoms with Gasteiger partial charge in [0.25, 0.3) is 0 Å². The zero-order valence-corrected chi connectivity index (χ0v) is 16.4. The number of benzene rings is 2. The summed E-state index contributed by atoms with van der Waals surface area (Å²) in [6, 6.07) is 9.90. The van der Waals surface area contributed by atoms with Gasteiger partial charge in [-0.15, -0.1) is 0 Å². The van der Waals surface area contributed by atoms with Crippen LogP contribution in [0.25, 0.3) is 0 Å². The van der Waals surface area contributed by atoms with Crippen molar-refractivity contribution < 1.29 is 42.1 Å². The number of hydrogen-bond acceptors (Lipinski definition) is 8. The second-order valence-corrected chi connectivity index (χ2v) is 7.14. The van der Waals surface area contributed by atoms with Crippen LogP contribution in [0.3, 0.4) is 0 Å². The monoisotopic (exact) mass is 442 g/mol. The molecule has 2 aromatic rings. The lowest BCUT2D eigenvalue weighted by atomic mass is 10.1. The molecule has 12 heteroatoms. The molecule has 8 N–H and O–H groups in total. The maximum atomic E-state index is 10.5. The highest BCUT2D eigenvalue weighted by Gasteiger charge is 2.13. The van der Waals surface area contributed by atoms with Crippen LogP contribution in [0.5, 0.6) is 11.5 Å². The Hall–Kier alpha value is -3.19. The second kappa shape index (κ2) is 11.1. The van der Waals surface area contributed by atoms with Crippen LogP contribution >= 0.6 is 0 Å². The Morgan fingerprint density at radius 2 is 1.20 bits per heavy atom. The highest BCUT2D eigenvalue weighted by atomic mass is 32.3. The van der Waals surface area contributed by atoms with Crippen LogP contribution in [0.2, 0.25) is 0 Å². The Morgan fingerprint density at radius 1 is 0.833 bits per heavy atom. The van der Waals surface area contributed by atoms with Crippen molar-refractivity contribution in [3.63, 3.8) is 0 Å². The normalized spacial score (nSPS) is 12.8. The van der Waals surface area contributed by atoms with Crippen LogP contribution in [-0.4, -0.2) is 52.3 Å². The molecule has 30 heavy (non-hydrogen) atoms. The quantitative estimate of drug-likeness (QED) is 0.303. The largest absolute Gasteiger partial charge is 0.508 e. The summed E-state index contributed by atoms with van der Waals surface area (Å²) in [5, 5.41) is 26.1. The van der Waals surface area contributed by atoms with E-state index in [1.807, 2.05) is 0 Å². The predicted octanol–water partition coefficient (Wildman–Crippen LogP) is 0.169. The summed E-state index contributed by atoms with van der Waals surface area (Å²) >= 11 is 0. The fraction of sp³-hybridized carbons (Fsp3) is 0.222. The van der Waals surface area contributed by atoms with Gasteiger partial charge in [0, 0.05) is 0 Å². The fourth-order valence-electron chi connectivity index (χ4n) is 2.12. The third-order valence-electron chi connectivity index (χ3n) is 3.61. The smallest absolute Gasteiger partial charge is 0.446 e. The number of carboxylic acid groups (broad SMARTS) is 2. The number of aliphatic carboxylic acids is 2. The van der Waals surface area contributed by atoms with Gasteiger partial charge in [-0.25, -0.2) is 0 Å². The lowest BCUT2D eigenvalue weighted by Gasteiger charge is -2.07. The highest BCUT2D eigenvalue weighted by molar-refractivity contribution is 7.81. The SMILES string of the molecule is N[C@@H](Cc1ccc(O)cc1)C(=O)O.N[C@@H](Cc1ccc(OS(=O)(=O)O)cc1)C(=O)O. The summed E-state index contributed by atoms with van der Waals surface area (Å²) in [5.41, 5.74) is 12.1. The molecule has 0 aliphatic rings. The van der Waals surface area contributed by atoms with Gasteiger partial charge in [-0.3, -0.25) is 14.1 Å². The second-order valence-electron chi connectivity index (χ2n) is 6.12. The molecule has 0 aromatic heterocycles. The number of phenolic OH excluding ortho intramolecular Hbond substituents is 1. The highest BCUT2D eigenvalue weighted by Crippen LogP contribution is 2.14. The Labute approximate surface area is 172 Å². The molecule has 0 saturated carbocycles. The van der Waals surface area contributed by atoms with Crippen molar-refractivity contribution in [2.45, 2.75) is 24.9 Å². The van der Waals surface area contributed by atoms with Gasteiger partial charge in [0.1, 0.15) is 23.6 Å². The van der Waals surface area contributed by atoms with Crippen molar-refractivity contribution in [3.8, 4) is 11.5 Å². The van der Waals surface area contributed by atoms with Crippen LogP contribution in [0, 0.1) is 0 Å². The minimum absolute atomic E-state index is 0.0693. The van der Waals surface area contributed by atoms with E-state index < -0.39 is 34.4 Å². The van der Waals surface area contributed by atoms with Gasteiger partial charge in [-0.05, 0) is 48.2 Å².